The van der Waals surface area contributed by atoms with Crippen LogP contribution in [0.1, 0.15) is 39.5 Å². The second-order valence-corrected chi connectivity index (χ2v) is 6.17. The van der Waals surface area contributed by atoms with Crippen molar-refractivity contribution in [3.63, 3.8) is 0 Å². The number of carboxylic acid groups (broad SMARTS) is 1. The minimum Gasteiger partial charge on any atom is -0.479 e. The molecule has 7 heteroatoms. The van der Waals surface area contributed by atoms with Gasteiger partial charge in [-0.15, -0.1) is 0 Å². The number of urea groups is 1. The Morgan fingerprint density at radius 1 is 1.45 bits per heavy atom. The molecule has 1 spiro atoms. The van der Waals surface area contributed by atoms with Gasteiger partial charge >= 0.3 is 12.0 Å². The highest BCUT2D eigenvalue weighted by atomic mass is 16.4. The molecular weight excluding hydrogens is 264 g/mol. The Morgan fingerprint density at radius 3 is 2.50 bits per heavy atom. The van der Waals surface area contributed by atoms with Crippen LogP contribution in [0, 0.1) is 5.92 Å². The molecule has 1 aliphatic carbocycles. The van der Waals surface area contributed by atoms with E-state index in [0.29, 0.717) is 18.8 Å². The summed E-state index contributed by atoms with van der Waals surface area (Å²) in [5, 5.41) is 21.3. The molecule has 20 heavy (non-hydrogen) atoms. The maximum atomic E-state index is 12.4. The number of hydrogen-bond donors (Lipinski definition) is 3. The van der Waals surface area contributed by atoms with Crippen LogP contribution < -0.4 is 5.32 Å². The van der Waals surface area contributed by atoms with Crippen molar-refractivity contribution in [2.45, 2.75) is 50.7 Å². The van der Waals surface area contributed by atoms with Crippen LogP contribution in [-0.2, 0) is 9.59 Å². The summed E-state index contributed by atoms with van der Waals surface area (Å²) in [5.41, 5.74) is -3.04. The minimum atomic E-state index is -2.14. The van der Waals surface area contributed by atoms with E-state index in [-0.39, 0.29) is 0 Å². The molecule has 7 nitrogen and oxygen atoms in total. The van der Waals surface area contributed by atoms with Gasteiger partial charge in [0, 0.05) is 0 Å². The Bertz CT molecular complexity index is 452. The van der Waals surface area contributed by atoms with Gasteiger partial charge in [-0.1, -0.05) is 6.92 Å². The van der Waals surface area contributed by atoms with Gasteiger partial charge in [0.2, 0.25) is 0 Å². The molecule has 0 bridgehead atoms. The van der Waals surface area contributed by atoms with Crippen LogP contribution >= 0.6 is 0 Å². The second kappa shape index (κ2) is 4.73. The highest BCUT2D eigenvalue weighted by molar-refractivity contribution is 6.07. The number of imide groups is 1. The number of carbonyl (C=O) groups excluding carboxylic acids is 2. The van der Waals surface area contributed by atoms with E-state index in [4.69, 9.17) is 5.11 Å². The van der Waals surface area contributed by atoms with Crippen LogP contribution in [0.25, 0.3) is 0 Å². The number of nitrogens with one attached hydrogen (secondary N) is 1. The van der Waals surface area contributed by atoms with Crippen molar-refractivity contribution in [1.82, 2.24) is 10.2 Å². The SMILES string of the molecule is CC1CCC2(CC1)NC(=O)N(CC(C)(O)C(=O)O)C2=O. The fourth-order valence-electron chi connectivity index (χ4n) is 2.79. The number of rotatable bonds is 3. The Morgan fingerprint density at radius 2 is 2.00 bits per heavy atom. The lowest BCUT2D eigenvalue weighted by molar-refractivity contribution is -0.158. The maximum Gasteiger partial charge on any atom is 0.337 e. The molecule has 1 aliphatic heterocycles. The lowest BCUT2D eigenvalue weighted by atomic mass is 9.77. The summed E-state index contributed by atoms with van der Waals surface area (Å²) in [5.74, 6) is -1.37. The zero-order valence-electron chi connectivity index (χ0n) is 11.7. The molecule has 0 radical (unpaired) electrons. The average Bonchev–Trinajstić information content (AvgIpc) is 2.58. The number of nitrogens with zero attached hydrogens (tertiary/aromatic N) is 1. The van der Waals surface area contributed by atoms with Crippen molar-refractivity contribution in [3.05, 3.63) is 0 Å². The number of carboxylic acids is 1. The molecule has 1 unspecified atom stereocenters. The highest BCUT2D eigenvalue weighted by Crippen LogP contribution is 2.36. The van der Waals surface area contributed by atoms with Crippen LogP contribution in [0.15, 0.2) is 0 Å². The molecule has 3 N–H and O–H groups in total. The van der Waals surface area contributed by atoms with E-state index in [1.165, 1.54) is 0 Å². The maximum absolute atomic E-state index is 12.4. The van der Waals surface area contributed by atoms with Crippen molar-refractivity contribution in [2.75, 3.05) is 6.54 Å². The van der Waals surface area contributed by atoms with Gasteiger partial charge in [0.15, 0.2) is 5.60 Å². The topological polar surface area (TPSA) is 107 Å². The molecule has 2 aliphatic rings. The van der Waals surface area contributed by atoms with Gasteiger partial charge in [-0.2, -0.15) is 0 Å². The molecule has 1 saturated carbocycles. The van der Waals surface area contributed by atoms with Gasteiger partial charge in [0.25, 0.3) is 5.91 Å². The number of carbonyl (C=O) groups is 3. The van der Waals surface area contributed by atoms with Crippen molar-refractivity contribution >= 4 is 17.9 Å². The zero-order valence-corrected chi connectivity index (χ0v) is 11.7. The molecule has 1 saturated heterocycles. The smallest absolute Gasteiger partial charge is 0.337 e. The molecule has 2 fully saturated rings. The Hall–Kier alpha value is -1.63. The molecular formula is C13H20N2O5. The molecule has 0 aromatic carbocycles. The van der Waals surface area contributed by atoms with E-state index < -0.39 is 35.6 Å². The summed E-state index contributed by atoms with van der Waals surface area (Å²) in [4.78, 5) is 36.1. The quantitative estimate of drug-likeness (QED) is 0.647. The number of aliphatic carboxylic acids is 1. The third-order valence-corrected chi connectivity index (χ3v) is 4.30. The van der Waals surface area contributed by atoms with Crippen LogP contribution in [0.3, 0.4) is 0 Å². The Kier molecular flexibility index (Phi) is 3.49. The molecule has 1 heterocycles. The summed E-state index contributed by atoms with van der Waals surface area (Å²) in [7, 11) is 0. The van der Waals surface area contributed by atoms with Crippen molar-refractivity contribution in [2.24, 2.45) is 5.92 Å². The highest BCUT2D eigenvalue weighted by Gasteiger charge is 2.53. The Balaban J connectivity index is 2.15. The van der Waals surface area contributed by atoms with E-state index in [2.05, 4.69) is 12.2 Å². The molecule has 112 valence electrons. The van der Waals surface area contributed by atoms with E-state index in [1.54, 1.807) is 0 Å². The fourth-order valence-corrected chi connectivity index (χ4v) is 2.79. The Labute approximate surface area is 116 Å². The van der Waals surface area contributed by atoms with Crippen molar-refractivity contribution in [3.8, 4) is 0 Å². The number of aliphatic hydroxyl groups is 1. The number of β-amino-alcohol motifs (C(OH)–C–C–N with tert-alkyl or cyclic N) is 1. The summed E-state index contributed by atoms with van der Waals surface area (Å²) in [6.07, 6.45) is 2.80. The lowest BCUT2D eigenvalue weighted by Crippen LogP contribution is -2.51. The van der Waals surface area contributed by atoms with Crippen LogP contribution in [0.2, 0.25) is 0 Å². The predicted octanol–water partition coefficient (Wildman–Crippen LogP) is 0.323. The first kappa shape index (κ1) is 14.8. The number of amides is 3. The largest absolute Gasteiger partial charge is 0.479 e. The van der Waals surface area contributed by atoms with E-state index in [1.807, 2.05) is 0 Å². The third-order valence-electron chi connectivity index (χ3n) is 4.30. The van der Waals surface area contributed by atoms with Gasteiger partial charge in [-0.05, 0) is 38.5 Å². The monoisotopic (exact) mass is 284 g/mol. The minimum absolute atomic E-state index is 0.420. The first-order valence-corrected chi connectivity index (χ1v) is 6.78. The van der Waals surface area contributed by atoms with Gasteiger partial charge < -0.3 is 15.5 Å². The van der Waals surface area contributed by atoms with Crippen molar-refractivity contribution in [1.29, 1.82) is 0 Å². The molecule has 0 aromatic rings. The van der Waals surface area contributed by atoms with Crippen molar-refractivity contribution < 1.29 is 24.6 Å². The molecule has 0 aromatic heterocycles. The fraction of sp³-hybridized carbons (Fsp3) is 0.769. The van der Waals surface area contributed by atoms with E-state index in [0.717, 1.165) is 24.7 Å². The average molecular weight is 284 g/mol. The summed E-state index contributed by atoms with van der Waals surface area (Å²) in [6.45, 7) is 2.63. The van der Waals surface area contributed by atoms with Gasteiger partial charge in [0.1, 0.15) is 5.54 Å². The molecule has 2 rings (SSSR count). The molecule has 1 atom stereocenters. The summed E-state index contributed by atoms with van der Waals surface area (Å²) >= 11 is 0. The standard InChI is InChI=1S/C13H20N2O5/c1-8-3-5-13(6-4-8)9(16)15(11(19)14-13)7-12(2,20)10(17)18/h8,20H,3-7H2,1-2H3,(H,14,19)(H,17,18). The van der Waals surface area contributed by atoms with E-state index >= 15 is 0 Å². The summed E-state index contributed by atoms with van der Waals surface area (Å²) < 4.78 is 0. The normalized spacial score (nSPS) is 33.1. The predicted molar refractivity (Wildman–Crippen MR) is 68.9 cm³/mol. The van der Waals surface area contributed by atoms with Gasteiger partial charge in [-0.3, -0.25) is 9.69 Å². The number of hydrogen-bond acceptors (Lipinski definition) is 4. The lowest BCUT2D eigenvalue weighted by Gasteiger charge is -2.33. The van der Waals surface area contributed by atoms with Crippen LogP contribution in [0.4, 0.5) is 4.79 Å². The van der Waals surface area contributed by atoms with Gasteiger partial charge in [0.05, 0.1) is 6.54 Å². The summed E-state index contributed by atoms with van der Waals surface area (Å²) in [6, 6.07) is -0.619. The zero-order chi connectivity index (χ0) is 15.1. The first-order valence-electron chi connectivity index (χ1n) is 6.78. The van der Waals surface area contributed by atoms with E-state index in [9.17, 15) is 19.5 Å². The first-order chi connectivity index (χ1) is 9.18. The van der Waals surface area contributed by atoms with Crippen LogP contribution in [-0.4, -0.2) is 50.7 Å². The molecule has 3 amide bonds. The van der Waals surface area contributed by atoms with Crippen LogP contribution in [0.5, 0.6) is 0 Å². The van der Waals surface area contributed by atoms with Gasteiger partial charge in [-0.25, -0.2) is 9.59 Å². The second-order valence-electron chi connectivity index (χ2n) is 6.17. The third kappa shape index (κ3) is 2.37.